The number of alkyl halides is 1. The van der Waals surface area contributed by atoms with Gasteiger partial charge >= 0.3 is 0 Å². The van der Waals surface area contributed by atoms with E-state index < -0.39 is 0 Å². The lowest BCUT2D eigenvalue weighted by atomic mass is 10.1. The van der Waals surface area contributed by atoms with Crippen LogP contribution < -0.4 is 0 Å². The van der Waals surface area contributed by atoms with Gasteiger partial charge in [-0.3, -0.25) is 4.79 Å². The fraction of sp³-hybridized carbons (Fsp3) is 0.583. The molecule has 16 heavy (non-hydrogen) atoms. The molecule has 1 unspecified atom stereocenters. The highest BCUT2D eigenvalue weighted by Gasteiger charge is 2.26. The number of aryl methyl sites for hydroxylation is 1. The third kappa shape index (κ3) is 2.48. The molecule has 1 saturated heterocycles. The Bertz CT molecular complexity index is 377. The molecule has 2 heterocycles. The van der Waals surface area contributed by atoms with Crippen LogP contribution in [0.5, 0.6) is 0 Å². The number of carbonyl (C=O) groups is 1. The first-order valence-electron chi connectivity index (χ1n) is 5.70. The van der Waals surface area contributed by atoms with Crippen LogP contribution >= 0.6 is 27.3 Å². The van der Waals surface area contributed by atoms with Crippen LogP contribution in [-0.4, -0.2) is 22.2 Å². The Labute approximate surface area is 109 Å². The molecule has 0 saturated carbocycles. The first-order valence-corrected chi connectivity index (χ1v) is 7.50. The quantitative estimate of drug-likeness (QED) is 0.785. The van der Waals surface area contributed by atoms with Gasteiger partial charge in [0.15, 0.2) is 0 Å². The summed E-state index contributed by atoms with van der Waals surface area (Å²) in [6.07, 6.45) is 3.13. The van der Waals surface area contributed by atoms with Crippen molar-refractivity contribution in [1.29, 1.82) is 0 Å². The molecule has 0 radical (unpaired) electrons. The van der Waals surface area contributed by atoms with Gasteiger partial charge < -0.3 is 4.90 Å². The summed E-state index contributed by atoms with van der Waals surface area (Å²) in [5, 5.41) is 2.12. The minimum absolute atomic E-state index is 0.0336. The van der Waals surface area contributed by atoms with Gasteiger partial charge in [-0.05, 0) is 36.3 Å². The summed E-state index contributed by atoms with van der Waals surface area (Å²) in [5.41, 5.74) is 1.38. The molecule has 0 spiro atoms. The van der Waals surface area contributed by atoms with E-state index in [9.17, 15) is 4.79 Å². The third-order valence-electron chi connectivity index (χ3n) is 3.02. The number of amides is 1. The highest BCUT2D eigenvalue weighted by Crippen LogP contribution is 2.24. The zero-order chi connectivity index (χ0) is 11.5. The zero-order valence-corrected chi connectivity index (χ0v) is 11.8. The van der Waals surface area contributed by atoms with Crippen LogP contribution in [0.1, 0.15) is 30.2 Å². The number of likely N-dealkylation sites (tertiary alicyclic amines) is 1. The molecule has 1 aromatic rings. The molecule has 1 aliphatic heterocycles. The van der Waals surface area contributed by atoms with Gasteiger partial charge in [-0.25, -0.2) is 0 Å². The first-order chi connectivity index (χ1) is 7.72. The fourth-order valence-electron chi connectivity index (χ4n) is 2.04. The van der Waals surface area contributed by atoms with Crippen molar-refractivity contribution in [3.8, 4) is 0 Å². The second kappa shape index (κ2) is 5.32. The van der Waals surface area contributed by atoms with Gasteiger partial charge in [-0.1, -0.05) is 22.9 Å². The topological polar surface area (TPSA) is 20.3 Å². The van der Waals surface area contributed by atoms with Crippen molar-refractivity contribution in [3.05, 3.63) is 21.9 Å². The van der Waals surface area contributed by atoms with Gasteiger partial charge in [0.05, 0.1) is 11.4 Å². The van der Waals surface area contributed by atoms with E-state index in [1.165, 1.54) is 10.4 Å². The van der Waals surface area contributed by atoms with Gasteiger partial charge in [0.2, 0.25) is 5.91 Å². The molecular formula is C12H16BrNOS. The van der Waals surface area contributed by atoms with Crippen LogP contribution in [0.25, 0.3) is 0 Å². The molecule has 88 valence electrons. The minimum atomic E-state index is 0.0336. The van der Waals surface area contributed by atoms with Crippen LogP contribution in [0, 0.1) is 0 Å². The van der Waals surface area contributed by atoms with E-state index in [-0.39, 0.29) is 10.7 Å². The monoisotopic (exact) mass is 301 g/mol. The van der Waals surface area contributed by atoms with Crippen molar-refractivity contribution in [1.82, 2.24) is 4.90 Å². The summed E-state index contributed by atoms with van der Waals surface area (Å²) in [5.74, 6) is 0.252. The van der Waals surface area contributed by atoms with E-state index in [1.807, 2.05) is 4.90 Å². The molecule has 0 N–H and O–H groups in total. The highest BCUT2D eigenvalue weighted by atomic mass is 79.9. The van der Waals surface area contributed by atoms with Crippen LogP contribution in [-0.2, 0) is 17.8 Å². The predicted octanol–water partition coefficient (Wildman–Crippen LogP) is 3.20. The molecule has 2 rings (SSSR count). The van der Waals surface area contributed by atoms with Crippen molar-refractivity contribution in [2.24, 2.45) is 0 Å². The van der Waals surface area contributed by atoms with Crippen molar-refractivity contribution >= 4 is 33.2 Å². The van der Waals surface area contributed by atoms with Gasteiger partial charge in [-0.2, -0.15) is 0 Å². The number of hydrogen-bond donors (Lipinski definition) is 0. The maximum atomic E-state index is 11.9. The van der Waals surface area contributed by atoms with Crippen molar-refractivity contribution in [3.63, 3.8) is 0 Å². The van der Waals surface area contributed by atoms with E-state index in [0.29, 0.717) is 0 Å². The van der Waals surface area contributed by atoms with Gasteiger partial charge in [0, 0.05) is 11.4 Å². The SMILES string of the molecule is CCc1ccsc1CN1CCCC(Br)C1=O. The molecule has 1 amide bonds. The number of halogens is 1. The summed E-state index contributed by atoms with van der Waals surface area (Å²) in [6, 6.07) is 2.17. The van der Waals surface area contributed by atoms with E-state index in [1.54, 1.807) is 11.3 Å². The van der Waals surface area contributed by atoms with Crippen molar-refractivity contribution in [2.75, 3.05) is 6.54 Å². The number of piperidine rings is 1. The van der Waals surface area contributed by atoms with Gasteiger partial charge in [0.1, 0.15) is 0 Å². The highest BCUT2D eigenvalue weighted by molar-refractivity contribution is 9.10. The lowest BCUT2D eigenvalue weighted by molar-refractivity contribution is -0.133. The number of nitrogens with zero attached hydrogens (tertiary/aromatic N) is 1. The summed E-state index contributed by atoms with van der Waals surface area (Å²) >= 11 is 5.21. The Morgan fingerprint density at radius 3 is 3.19 bits per heavy atom. The average molecular weight is 302 g/mol. The second-order valence-electron chi connectivity index (χ2n) is 4.09. The van der Waals surface area contributed by atoms with Gasteiger partial charge in [0.25, 0.3) is 0 Å². The number of rotatable bonds is 3. The van der Waals surface area contributed by atoms with Crippen LogP contribution in [0.4, 0.5) is 0 Å². The molecule has 0 aliphatic carbocycles. The maximum absolute atomic E-state index is 11.9. The lowest BCUT2D eigenvalue weighted by Crippen LogP contribution is -2.41. The van der Waals surface area contributed by atoms with E-state index in [2.05, 4.69) is 34.3 Å². The van der Waals surface area contributed by atoms with E-state index >= 15 is 0 Å². The summed E-state index contributed by atoms with van der Waals surface area (Å²) < 4.78 is 0. The van der Waals surface area contributed by atoms with E-state index in [4.69, 9.17) is 0 Å². The summed E-state index contributed by atoms with van der Waals surface area (Å²) in [4.78, 5) is 15.3. The second-order valence-corrected chi connectivity index (χ2v) is 6.20. The van der Waals surface area contributed by atoms with Crippen molar-refractivity contribution < 1.29 is 4.79 Å². The summed E-state index contributed by atoms with van der Waals surface area (Å²) in [6.45, 7) is 3.86. The van der Waals surface area contributed by atoms with E-state index in [0.717, 1.165) is 32.4 Å². The standard InChI is InChI=1S/C12H16BrNOS/c1-2-9-5-7-16-11(9)8-14-6-3-4-10(13)12(14)15/h5,7,10H,2-4,6,8H2,1H3. The van der Waals surface area contributed by atoms with Crippen LogP contribution in [0.2, 0.25) is 0 Å². The molecule has 0 aromatic carbocycles. The average Bonchev–Trinajstić information content (AvgIpc) is 2.72. The Balaban J connectivity index is 2.06. The lowest BCUT2D eigenvalue weighted by Gasteiger charge is -2.29. The Kier molecular flexibility index (Phi) is 4.03. The Morgan fingerprint density at radius 1 is 1.62 bits per heavy atom. The number of thiophene rings is 1. The smallest absolute Gasteiger partial charge is 0.236 e. The summed E-state index contributed by atoms with van der Waals surface area (Å²) in [7, 11) is 0. The maximum Gasteiger partial charge on any atom is 0.236 e. The molecule has 1 aliphatic rings. The molecule has 2 nitrogen and oxygen atoms in total. The molecule has 4 heteroatoms. The number of carbonyl (C=O) groups excluding carboxylic acids is 1. The molecule has 1 atom stereocenters. The van der Waals surface area contributed by atoms with Crippen LogP contribution in [0.3, 0.4) is 0 Å². The first kappa shape index (κ1) is 12.1. The predicted molar refractivity (Wildman–Crippen MR) is 71.1 cm³/mol. The normalized spacial score (nSPS) is 21.5. The molecule has 0 bridgehead atoms. The van der Waals surface area contributed by atoms with Gasteiger partial charge in [-0.15, -0.1) is 11.3 Å². The Morgan fingerprint density at radius 2 is 2.44 bits per heavy atom. The number of hydrogen-bond acceptors (Lipinski definition) is 2. The largest absolute Gasteiger partial charge is 0.337 e. The Hall–Kier alpha value is -0.350. The molecule has 1 fully saturated rings. The minimum Gasteiger partial charge on any atom is -0.337 e. The van der Waals surface area contributed by atoms with Crippen molar-refractivity contribution in [2.45, 2.75) is 37.6 Å². The van der Waals surface area contributed by atoms with Crippen LogP contribution in [0.15, 0.2) is 11.4 Å². The zero-order valence-electron chi connectivity index (χ0n) is 9.41. The molecule has 1 aromatic heterocycles. The molecular weight excluding hydrogens is 286 g/mol. The fourth-order valence-corrected chi connectivity index (χ4v) is 3.65. The third-order valence-corrected chi connectivity index (χ3v) is 4.82.